The molecule has 32 heavy (non-hydrogen) atoms. The van der Waals surface area contributed by atoms with Crippen LogP contribution in [0.4, 0.5) is 0 Å². The molecule has 0 aliphatic rings. The first-order chi connectivity index (χ1) is 15.7. The second-order valence-corrected chi connectivity index (χ2v) is 8.42. The van der Waals surface area contributed by atoms with Crippen molar-refractivity contribution in [2.45, 2.75) is 129 Å². The van der Waals surface area contributed by atoms with Crippen LogP contribution in [0.3, 0.4) is 0 Å². The summed E-state index contributed by atoms with van der Waals surface area (Å²) in [5, 5.41) is 0. The van der Waals surface area contributed by atoms with Crippen LogP contribution < -0.4 is 0 Å². The van der Waals surface area contributed by atoms with E-state index in [2.05, 4.69) is 37.8 Å². The molecule has 0 unspecified atom stereocenters. The van der Waals surface area contributed by atoms with Gasteiger partial charge in [0.25, 0.3) is 0 Å². The van der Waals surface area contributed by atoms with E-state index in [1.165, 1.54) is 64.2 Å². The van der Waals surface area contributed by atoms with Crippen molar-refractivity contribution in [1.29, 1.82) is 0 Å². The van der Waals surface area contributed by atoms with E-state index < -0.39 is 0 Å². The van der Waals surface area contributed by atoms with Crippen molar-refractivity contribution in [3.8, 4) is 11.8 Å². The zero-order chi connectivity index (χ0) is 23.5. The van der Waals surface area contributed by atoms with Crippen LogP contribution in [0, 0.1) is 11.8 Å². The Labute approximate surface area is 197 Å². The largest absolute Gasteiger partial charge is 0.466 e. The van der Waals surface area contributed by atoms with Crippen molar-refractivity contribution in [3.05, 3.63) is 12.2 Å². The molecular formula is C28H48O4. The molecule has 0 aromatic rings. The van der Waals surface area contributed by atoms with Gasteiger partial charge in [-0.2, -0.15) is 0 Å². The van der Waals surface area contributed by atoms with Gasteiger partial charge in [0.2, 0.25) is 0 Å². The van der Waals surface area contributed by atoms with Gasteiger partial charge in [0.15, 0.2) is 6.61 Å². The molecule has 4 heteroatoms. The Morgan fingerprint density at radius 3 is 1.88 bits per heavy atom. The van der Waals surface area contributed by atoms with Crippen molar-refractivity contribution < 1.29 is 19.1 Å². The molecule has 0 aliphatic carbocycles. The van der Waals surface area contributed by atoms with E-state index in [4.69, 9.17) is 9.47 Å². The Morgan fingerprint density at radius 1 is 0.625 bits per heavy atom. The van der Waals surface area contributed by atoms with Gasteiger partial charge in [0, 0.05) is 19.3 Å². The van der Waals surface area contributed by atoms with Crippen LogP contribution >= 0.6 is 0 Å². The fourth-order valence-electron chi connectivity index (χ4n) is 3.26. The summed E-state index contributed by atoms with van der Waals surface area (Å²) in [6.45, 7) is 5.03. The Balaban J connectivity index is 3.45. The van der Waals surface area contributed by atoms with E-state index >= 15 is 0 Å². The third kappa shape index (κ3) is 24.5. The molecule has 0 aromatic carbocycles. The molecule has 0 fully saturated rings. The fourth-order valence-corrected chi connectivity index (χ4v) is 3.26. The summed E-state index contributed by atoms with van der Waals surface area (Å²) >= 11 is 0. The summed E-state index contributed by atoms with van der Waals surface area (Å²) < 4.78 is 10.3. The van der Waals surface area contributed by atoms with Crippen LogP contribution in [0.15, 0.2) is 12.2 Å². The van der Waals surface area contributed by atoms with Crippen LogP contribution in [0.1, 0.15) is 129 Å². The lowest BCUT2D eigenvalue weighted by molar-refractivity contribution is -0.144. The summed E-state index contributed by atoms with van der Waals surface area (Å²) in [5.41, 5.74) is 0. The minimum atomic E-state index is -0.299. The summed E-state index contributed by atoms with van der Waals surface area (Å²) in [5.74, 6) is 5.43. The van der Waals surface area contributed by atoms with E-state index in [0.717, 1.165) is 32.1 Å². The van der Waals surface area contributed by atoms with Crippen LogP contribution in [0.2, 0.25) is 0 Å². The molecule has 0 amide bonds. The highest BCUT2D eigenvalue weighted by Crippen LogP contribution is 2.09. The average molecular weight is 449 g/mol. The number of hydrogen-bond donors (Lipinski definition) is 0. The third-order valence-electron chi connectivity index (χ3n) is 5.27. The first-order valence-electron chi connectivity index (χ1n) is 13.1. The molecule has 0 rings (SSSR count). The van der Waals surface area contributed by atoms with Crippen LogP contribution in [0.25, 0.3) is 0 Å². The van der Waals surface area contributed by atoms with Crippen molar-refractivity contribution in [1.82, 2.24) is 0 Å². The Hall–Kier alpha value is -1.76. The lowest BCUT2D eigenvalue weighted by Crippen LogP contribution is -2.08. The molecular weight excluding hydrogens is 400 g/mol. The lowest BCUT2D eigenvalue weighted by Gasteiger charge is -2.04. The van der Waals surface area contributed by atoms with Gasteiger partial charge in [-0.1, -0.05) is 95.6 Å². The second-order valence-electron chi connectivity index (χ2n) is 8.42. The maximum atomic E-state index is 11.7. The first kappa shape index (κ1) is 30.2. The van der Waals surface area contributed by atoms with Gasteiger partial charge in [0.1, 0.15) is 0 Å². The molecule has 0 aliphatic heterocycles. The van der Waals surface area contributed by atoms with Gasteiger partial charge < -0.3 is 9.47 Å². The molecule has 0 saturated heterocycles. The number of carbonyl (C=O) groups is 2. The number of ether oxygens (including phenoxy) is 2. The zero-order valence-electron chi connectivity index (χ0n) is 20.9. The first-order valence-corrected chi connectivity index (χ1v) is 13.1. The standard InChI is InChI=1S/C28H48O4/c1-3-5-7-9-11-13-14-15-17-19-21-26-32-28(30)24-22-23-27(29)31-25-20-18-16-12-10-8-6-4-2/h12,16H,3-11,13-15,17-18,20,22-26H2,1-2H3/b16-12+. The van der Waals surface area contributed by atoms with E-state index in [1.807, 2.05) is 0 Å². The second kappa shape index (κ2) is 25.5. The molecule has 0 atom stereocenters. The van der Waals surface area contributed by atoms with E-state index in [9.17, 15) is 9.59 Å². The molecule has 0 heterocycles. The number of rotatable bonds is 21. The maximum absolute atomic E-state index is 11.7. The van der Waals surface area contributed by atoms with Crippen molar-refractivity contribution in [2.24, 2.45) is 0 Å². The monoisotopic (exact) mass is 448 g/mol. The predicted molar refractivity (Wildman–Crippen MR) is 133 cm³/mol. The number of carbonyl (C=O) groups excluding carboxylic acids is 2. The van der Waals surface area contributed by atoms with Gasteiger partial charge in [0.05, 0.1) is 6.61 Å². The summed E-state index contributed by atoms with van der Waals surface area (Å²) in [4.78, 5) is 23.4. The zero-order valence-corrected chi connectivity index (χ0v) is 20.9. The predicted octanol–water partition coefficient (Wildman–Crippen LogP) is 7.69. The lowest BCUT2D eigenvalue weighted by atomic mass is 10.1. The number of unbranched alkanes of at least 4 members (excludes halogenated alkanes) is 12. The third-order valence-corrected chi connectivity index (χ3v) is 5.27. The van der Waals surface area contributed by atoms with E-state index in [-0.39, 0.29) is 31.4 Å². The number of allylic oxidation sites excluding steroid dienone is 2. The quantitative estimate of drug-likeness (QED) is 0.0781. The minimum absolute atomic E-state index is 0.145. The number of hydrogen-bond acceptors (Lipinski definition) is 4. The molecule has 0 saturated carbocycles. The van der Waals surface area contributed by atoms with E-state index in [0.29, 0.717) is 13.0 Å². The molecule has 0 spiro atoms. The topological polar surface area (TPSA) is 52.6 Å². The molecule has 0 radical (unpaired) electrons. The van der Waals surface area contributed by atoms with Crippen LogP contribution in [0.5, 0.6) is 0 Å². The summed E-state index contributed by atoms with van der Waals surface area (Å²) in [6, 6.07) is 0. The fraction of sp³-hybridized carbons (Fsp3) is 0.786. The molecule has 0 bridgehead atoms. The summed E-state index contributed by atoms with van der Waals surface area (Å²) in [7, 11) is 0. The van der Waals surface area contributed by atoms with Crippen LogP contribution in [-0.2, 0) is 19.1 Å². The van der Waals surface area contributed by atoms with Crippen molar-refractivity contribution in [3.63, 3.8) is 0 Å². The summed E-state index contributed by atoms with van der Waals surface area (Å²) in [6.07, 6.45) is 23.2. The Kier molecular flexibility index (Phi) is 24.1. The maximum Gasteiger partial charge on any atom is 0.306 e. The number of esters is 2. The van der Waals surface area contributed by atoms with Gasteiger partial charge in [-0.15, -0.1) is 0 Å². The van der Waals surface area contributed by atoms with Crippen molar-refractivity contribution in [2.75, 3.05) is 13.2 Å². The van der Waals surface area contributed by atoms with Gasteiger partial charge in [-0.05, 0) is 38.5 Å². The highest BCUT2D eigenvalue weighted by Gasteiger charge is 2.06. The molecule has 4 nitrogen and oxygen atoms in total. The Morgan fingerprint density at radius 2 is 1.19 bits per heavy atom. The average Bonchev–Trinajstić information content (AvgIpc) is 2.78. The highest BCUT2D eigenvalue weighted by atomic mass is 16.5. The highest BCUT2D eigenvalue weighted by molar-refractivity contribution is 5.72. The SMILES string of the molecule is CCCCC/C=C/CCCOC(=O)CCCC(=O)OCC#CCCCCCCCCCC. The van der Waals surface area contributed by atoms with Gasteiger partial charge in [-0.3, -0.25) is 9.59 Å². The molecule has 0 aromatic heterocycles. The molecule has 184 valence electrons. The van der Waals surface area contributed by atoms with Gasteiger partial charge >= 0.3 is 11.9 Å². The van der Waals surface area contributed by atoms with Crippen LogP contribution in [-0.4, -0.2) is 25.2 Å². The van der Waals surface area contributed by atoms with Crippen molar-refractivity contribution >= 4 is 11.9 Å². The van der Waals surface area contributed by atoms with E-state index in [1.54, 1.807) is 0 Å². The smallest absolute Gasteiger partial charge is 0.306 e. The molecule has 0 N–H and O–H groups in total. The minimum Gasteiger partial charge on any atom is -0.466 e. The normalized spacial score (nSPS) is 10.7. The van der Waals surface area contributed by atoms with Gasteiger partial charge in [-0.25, -0.2) is 0 Å². The Bertz CT molecular complexity index is 527.